The predicted octanol–water partition coefficient (Wildman–Crippen LogP) is 1.16. The highest BCUT2D eigenvalue weighted by Gasteiger charge is 2.34. The molecule has 0 spiro atoms. The third-order valence-electron chi connectivity index (χ3n) is 2.91. The summed E-state index contributed by atoms with van der Waals surface area (Å²) in [7, 11) is 0. The topological polar surface area (TPSA) is 90.1 Å². The maximum Gasteiger partial charge on any atom is 0.319 e. The van der Waals surface area contributed by atoms with Gasteiger partial charge in [0, 0.05) is 6.42 Å². The highest BCUT2D eigenvalue weighted by atomic mass is 32.2. The molecule has 0 aliphatic carbocycles. The van der Waals surface area contributed by atoms with Crippen LogP contribution in [-0.2, 0) is 9.53 Å². The van der Waals surface area contributed by atoms with E-state index in [0.717, 1.165) is 5.69 Å². The lowest BCUT2D eigenvalue weighted by atomic mass is 10.3. The van der Waals surface area contributed by atoms with Crippen LogP contribution in [0.15, 0.2) is 29.4 Å². The molecule has 0 amide bonds. The number of tetrazole rings is 1. The Morgan fingerprint density at radius 1 is 1.40 bits per heavy atom. The Balaban J connectivity index is 1.83. The van der Waals surface area contributed by atoms with Crippen LogP contribution < -0.4 is 0 Å². The van der Waals surface area contributed by atoms with Gasteiger partial charge in [-0.2, -0.15) is 4.68 Å². The number of carbonyl (C=O) groups is 1. The Labute approximate surface area is 118 Å². The number of hydrogen-bond donors (Lipinski definition) is 1. The Hall–Kier alpha value is -2.09. The minimum Gasteiger partial charge on any atom is -0.508 e. The van der Waals surface area contributed by atoms with Crippen molar-refractivity contribution in [2.45, 2.75) is 29.9 Å². The molecule has 20 heavy (non-hydrogen) atoms. The Morgan fingerprint density at radius 2 is 2.15 bits per heavy atom. The number of ether oxygens (including phenoxy) is 1. The third kappa shape index (κ3) is 2.46. The molecule has 2 aromatic rings. The van der Waals surface area contributed by atoms with Crippen LogP contribution in [-0.4, -0.2) is 42.6 Å². The average molecular weight is 292 g/mol. The summed E-state index contributed by atoms with van der Waals surface area (Å²) in [5.74, 6) is -0.0630. The fourth-order valence-corrected chi connectivity index (χ4v) is 3.05. The van der Waals surface area contributed by atoms with Gasteiger partial charge >= 0.3 is 5.97 Å². The van der Waals surface area contributed by atoms with E-state index in [2.05, 4.69) is 15.5 Å². The van der Waals surface area contributed by atoms with E-state index < -0.39 is 0 Å². The number of rotatable bonds is 3. The van der Waals surface area contributed by atoms with Gasteiger partial charge < -0.3 is 9.84 Å². The number of carbonyl (C=O) groups excluding carboxylic acids is 1. The number of benzene rings is 1. The molecule has 2 atom stereocenters. The minimum atomic E-state index is -0.285. The zero-order chi connectivity index (χ0) is 14.1. The standard InChI is InChI=1S/C12H12N4O3S/c1-7-6-10(11(18)19-7)20-12-13-14-15-16(12)8-2-4-9(17)5-3-8/h2-5,7,10,17H,6H2,1H3/t7-,10+/m0/s1. The van der Waals surface area contributed by atoms with Gasteiger partial charge in [0.05, 0.1) is 5.69 Å². The molecular weight excluding hydrogens is 280 g/mol. The summed E-state index contributed by atoms with van der Waals surface area (Å²) in [5.41, 5.74) is 0.717. The lowest BCUT2D eigenvalue weighted by molar-refractivity contribution is -0.140. The van der Waals surface area contributed by atoms with Crippen LogP contribution >= 0.6 is 11.8 Å². The van der Waals surface area contributed by atoms with E-state index >= 15 is 0 Å². The summed E-state index contributed by atoms with van der Waals surface area (Å²) in [6.45, 7) is 1.86. The molecule has 1 N–H and O–H groups in total. The quantitative estimate of drug-likeness (QED) is 0.849. The average Bonchev–Trinajstić information content (AvgIpc) is 2.98. The van der Waals surface area contributed by atoms with Crippen LogP contribution in [0.25, 0.3) is 5.69 Å². The van der Waals surface area contributed by atoms with Gasteiger partial charge in [0.15, 0.2) is 0 Å². The molecule has 0 unspecified atom stereocenters. The summed E-state index contributed by atoms with van der Waals surface area (Å²) in [6.07, 6.45) is 0.573. The number of phenols is 1. The van der Waals surface area contributed by atoms with Crippen molar-refractivity contribution in [2.24, 2.45) is 0 Å². The van der Waals surface area contributed by atoms with Gasteiger partial charge in [0.25, 0.3) is 0 Å². The zero-order valence-corrected chi connectivity index (χ0v) is 11.4. The number of nitrogens with zero attached hydrogens (tertiary/aromatic N) is 4. The number of cyclic esters (lactones) is 1. The number of thioether (sulfide) groups is 1. The summed E-state index contributed by atoms with van der Waals surface area (Å²) >= 11 is 1.29. The summed E-state index contributed by atoms with van der Waals surface area (Å²) < 4.78 is 6.64. The SMILES string of the molecule is C[C@H]1C[C@@H](Sc2nnnn2-c2ccc(O)cc2)C(=O)O1. The van der Waals surface area contributed by atoms with Crippen LogP contribution in [0.5, 0.6) is 5.75 Å². The van der Waals surface area contributed by atoms with Crippen molar-refractivity contribution in [1.29, 1.82) is 0 Å². The van der Waals surface area contributed by atoms with E-state index in [1.165, 1.54) is 16.4 Å². The largest absolute Gasteiger partial charge is 0.508 e. The first kappa shape index (κ1) is 12.9. The molecule has 2 heterocycles. The van der Waals surface area contributed by atoms with Gasteiger partial charge in [-0.05, 0) is 41.6 Å². The maximum absolute atomic E-state index is 11.6. The molecule has 1 aliphatic heterocycles. The number of phenolic OH excluding ortho intramolecular Hbond substituents is 1. The first-order chi connectivity index (χ1) is 9.63. The Morgan fingerprint density at radius 3 is 2.80 bits per heavy atom. The van der Waals surface area contributed by atoms with E-state index in [4.69, 9.17) is 4.74 Å². The monoisotopic (exact) mass is 292 g/mol. The summed E-state index contributed by atoms with van der Waals surface area (Å²) in [6, 6.07) is 6.51. The predicted molar refractivity (Wildman–Crippen MR) is 70.6 cm³/mol. The number of esters is 1. The first-order valence-corrected chi connectivity index (χ1v) is 6.96. The molecule has 8 heteroatoms. The molecule has 1 fully saturated rings. The molecular formula is C12H12N4O3S. The molecule has 1 aromatic carbocycles. The van der Waals surface area contributed by atoms with Crippen LogP contribution in [0, 0.1) is 0 Å². The van der Waals surface area contributed by atoms with E-state index in [1.807, 2.05) is 6.92 Å². The second-order valence-corrected chi connectivity index (χ2v) is 5.65. The highest BCUT2D eigenvalue weighted by molar-refractivity contribution is 8.00. The first-order valence-electron chi connectivity index (χ1n) is 6.08. The van der Waals surface area contributed by atoms with Crippen LogP contribution in [0.3, 0.4) is 0 Å². The van der Waals surface area contributed by atoms with Gasteiger partial charge in [-0.15, -0.1) is 5.10 Å². The number of aromatic nitrogens is 4. The minimum absolute atomic E-state index is 0.0713. The smallest absolute Gasteiger partial charge is 0.319 e. The van der Waals surface area contributed by atoms with Crippen LogP contribution in [0.4, 0.5) is 0 Å². The molecule has 1 aromatic heterocycles. The van der Waals surface area contributed by atoms with Crippen molar-refractivity contribution in [1.82, 2.24) is 20.2 Å². The van der Waals surface area contributed by atoms with Crippen LogP contribution in [0.2, 0.25) is 0 Å². The zero-order valence-electron chi connectivity index (χ0n) is 10.6. The molecule has 1 saturated heterocycles. The fraction of sp³-hybridized carbons (Fsp3) is 0.333. The molecule has 104 valence electrons. The number of hydrogen-bond acceptors (Lipinski definition) is 7. The van der Waals surface area contributed by atoms with E-state index in [1.54, 1.807) is 24.3 Å². The van der Waals surface area contributed by atoms with Crippen molar-refractivity contribution in [3.8, 4) is 11.4 Å². The van der Waals surface area contributed by atoms with Crippen molar-refractivity contribution in [3.63, 3.8) is 0 Å². The molecule has 3 rings (SSSR count). The lowest BCUT2D eigenvalue weighted by Gasteiger charge is -2.06. The van der Waals surface area contributed by atoms with E-state index in [0.29, 0.717) is 11.6 Å². The molecule has 0 radical (unpaired) electrons. The van der Waals surface area contributed by atoms with Crippen molar-refractivity contribution < 1.29 is 14.6 Å². The Kier molecular flexibility index (Phi) is 3.31. The van der Waals surface area contributed by atoms with Gasteiger partial charge in [-0.1, -0.05) is 11.8 Å². The normalized spacial score (nSPS) is 21.9. The van der Waals surface area contributed by atoms with Gasteiger partial charge in [0.1, 0.15) is 17.1 Å². The lowest BCUT2D eigenvalue weighted by Crippen LogP contribution is -2.11. The number of aromatic hydroxyl groups is 1. The molecule has 1 aliphatic rings. The van der Waals surface area contributed by atoms with Crippen LogP contribution in [0.1, 0.15) is 13.3 Å². The second-order valence-electron chi connectivity index (χ2n) is 4.48. The van der Waals surface area contributed by atoms with E-state index in [9.17, 15) is 9.90 Å². The van der Waals surface area contributed by atoms with E-state index in [-0.39, 0.29) is 23.1 Å². The molecule has 7 nitrogen and oxygen atoms in total. The van der Waals surface area contributed by atoms with Gasteiger partial charge in [-0.25, -0.2) is 0 Å². The summed E-state index contributed by atoms with van der Waals surface area (Å²) in [4.78, 5) is 11.6. The third-order valence-corrected chi connectivity index (χ3v) is 4.04. The Bertz CT molecular complexity index is 628. The highest BCUT2D eigenvalue weighted by Crippen LogP contribution is 2.31. The molecule has 0 saturated carbocycles. The summed E-state index contributed by atoms with van der Waals surface area (Å²) in [5, 5.41) is 21.0. The van der Waals surface area contributed by atoms with Gasteiger partial charge in [0.2, 0.25) is 5.16 Å². The van der Waals surface area contributed by atoms with Gasteiger partial charge in [-0.3, -0.25) is 4.79 Å². The maximum atomic E-state index is 11.6. The van der Waals surface area contributed by atoms with Crippen molar-refractivity contribution in [2.75, 3.05) is 0 Å². The van der Waals surface area contributed by atoms with Crippen molar-refractivity contribution >= 4 is 17.7 Å². The van der Waals surface area contributed by atoms with Crippen molar-refractivity contribution in [3.05, 3.63) is 24.3 Å². The second kappa shape index (κ2) is 5.12. The fourth-order valence-electron chi connectivity index (χ4n) is 1.95. The molecule has 0 bridgehead atoms.